The van der Waals surface area contributed by atoms with Crippen LogP contribution in [0.5, 0.6) is 11.8 Å². The minimum Gasteiger partial charge on any atom is -0.486 e. The molecule has 2 N–H and O–H groups in total. The van der Waals surface area contributed by atoms with Crippen molar-refractivity contribution in [2.75, 3.05) is 26.1 Å². The van der Waals surface area contributed by atoms with Crippen LogP contribution in [-0.2, 0) is 4.74 Å². The number of aromatic nitrogens is 2. The molecule has 0 radical (unpaired) electrons. The van der Waals surface area contributed by atoms with Crippen molar-refractivity contribution in [1.82, 2.24) is 9.97 Å². The van der Waals surface area contributed by atoms with Gasteiger partial charge in [0.25, 0.3) is 0 Å². The molecular weight excluding hydrogens is 576 g/mol. The quantitative estimate of drug-likeness (QED) is 0.149. The van der Waals surface area contributed by atoms with Gasteiger partial charge in [-0.15, -0.1) is 0 Å². The largest absolute Gasteiger partial charge is 0.486 e. The van der Waals surface area contributed by atoms with Crippen LogP contribution in [0, 0.1) is 25.7 Å². The average Bonchev–Trinajstić information content (AvgIpc) is 2.78. The highest BCUT2D eigenvalue weighted by atomic mass is 79.9. The smallest absolute Gasteiger partial charge is 0.228 e. The van der Waals surface area contributed by atoms with E-state index in [1.165, 1.54) is 12.8 Å². The summed E-state index contributed by atoms with van der Waals surface area (Å²) in [5.74, 6) is 2.67. The predicted octanol–water partition coefficient (Wildman–Crippen LogP) is 7.82. The summed E-state index contributed by atoms with van der Waals surface area (Å²) in [6, 6.07) is 3.72. The third kappa shape index (κ3) is 12.6. The maximum atomic E-state index is 5.74. The fourth-order valence-electron chi connectivity index (χ4n) is 2.89. The second-order valence-corrected chi connectivity index (χ2v) is 10.8. The number of anilines is 1. The number of hydrogen-bond donors (Lipinski definition) is 1. The summed E-state index contributed by atoms with van der Waals surface area (Å²) in [6.45, 7) is 14.0. The Morgan fingerprint density at radius 1 is 0.886 bits per heavy atom. The van der Waals surface area contributed by atoms with Crippen molar-refractivity contribution >= 4 is 49.6 Å². The van der Waals surface area contributed by atoms with Crippen LogP contribution in [0.2, 0.25) is 0 Å². The lowest BCUT2D eigenvalue weighted by Gasteiger charge is -2.10. The summed E-state index contributed by atoms with van der Waals surface area (Å²) >= 11 is 6.85. The normalized spacial score (nSPS) is 11.1. The Balaban J connectivity index is 0.000000355. The summed E-state index contributed by atoms with van der Waals surface area (Å²) in [6.07, 6.45) is 5.81. The molecule has 2 aromatic rings. The molecule has 7 nitrogen and oxygen atoms in total. The van der Waals surface area contributed by atoms with Crippen LogP contribution >= 0.6 is 31.9 Å². The van der Waals surface area contributed by atoms with Crippen molar-refractivity contribution < 1.29 is 14.2 Å². The molecule has 0 aromatic carbocycles. The summed E-state index contributed by atoms with van der Waals surface area (Å²) in [4.78, 5) is 12.8. The molecule has 196 valence electrons. The molecule has 2 heterocycles. The predicted molar refractivity (Wildman–Crippen MR) is 152 cm³/mol. The molecule has 35 heavy (non-hydrogen) atoms. The summed E-state index contributed by atoms with van der Waals surface area (Å²) in [7, 11) is 1.56. The van der Waals surface area contributed by atoms with Gasteiger partial charge >= 0.3 is 0 Å². The lowest BCUT2D eigenvalue weighted by atomic mass is 10.1. The van der Waals surface area contributed by atoms with E-state index in [0.29, 0.717) is 42.5 Å². The van der Waals surface area contributed by atoms with Crippen LogP contribution in [0.4, 0.5) is 11.4 Å². The minimum atomic E-state index is 0.623. The fraction of sp³-hybridized carbons (Fsp3) is 0.577. The van der Waals surface area contributed by atoms with E-state index in [9.17, 15) is 0 Å². The molecular formula is C26H40Br2N4O3. The van der Waals surface area contributed by atoms with E-state index in [4.69, 9.17) is 19.9 Å². The average molecular weight is 616 g/mol. The van der Waals surface area contributed by atoms with Gasteiger partial charge in [-0.05, 0) is 95.4 Å². The third-order valence-corrected chi connectivity index (χ3v) is 6.04. The van der Waals surface area contributed by atoms with Gasteiger partial charge in [-0.1, -0.05) is 27.7 Å². The van der Waals surface area contributed by atoms with Gasteiger partial charge in [-0.2, -0.15) is 0 Å². The first kappa shape index (κ1) is 31.2. The molecule has 2 rings (SSSR count). The molecule has 0 aliphatic carbocycles. The van der Waals surface area contributed by atoms with Crippen molar-refractivity contribution in [3.63, 3.8) is 0 Å². The SMILES string of the molecule is COC=Nc1cc(Br)c(OCCCC(C)C)nc1C.Cc1nc(OCCCC(C)C)c(Br)cc1N. The number of pyridine rings is 2. The van der Waals surface area contributed by atoms with Crippen molar-refractivity contribution in [2.45, 2.75) is 67.2 Å². The van der Waals surface area contributed by atoms with Crippen molar-refractivity contribution in [3.8, 4) is 11.8 Å². The standard InChI is InChI=1S/C14H21BrN2O2.C12H19BrN2O/c1-10(2)6-5-7-19-14-12(15)8-13(11(3)17-14)16-9-18-4;1-8(2)5-4-6-16-12-10(13)7-11(14)9(3)15-12/h8-10H,5-7H2,1-4H3;7-8H,4-6,14H2,1-3H3. The maximum Gasteiger partial charge on any atom is 0.228 e. The van der Waals surface area contributed by atoms with Gasteiger partial charge < -0.3 is 19.9 Å². The van der Waals surface area contributed by atoms with Gasteiger partial charge in [0.05, 0.1) is 52.0 Å². The molecule has 0 saturated heterocycles. The number of nitrogen functional groups attached to an aromatic ring is 1. The number of aliphatic imine (C=N–C) groups is 1. The summed E-state index contributed by atoms with van der Waals surface area (Å²) in [5.41, 5.74) is 8.81. The Hall–Kier alpha value is -1.87. The van der Waals surface area contributed by atoms with E-state index in [1.807, 2.05) is 26.0 Å². The topological polar surface area (TPSA) is 91.8 Å². The third-order valence-electron chi connectivity index (χ3n) is 4.91. The molecule has 2 aromatic heterocycles. The van der Waals surface area contributed by atoms with E-state index >= 15 is 0 Å². The number of nitrogens with two attached hydrogens (primary N) is 1. The Morgan fingerprint density at radius 2 is 1.37 bits per heavy atom. The monoisotopic (exact) mass is 614 g/mol. The molecule has 9 heteroatoms. The van der Waals surface area contributed by atoms with Gasteiger partial charge in [0.15, 0.2) is 6.40 Å². The van der Waals surface area contributed by atoms with Crippen LogP contribution in [0.1, 0.15) is 64.8 Å². The first-order valence-electron chi connectivity index (χ1n) is 12.0. The number of rotatable bonds is 12. The molecule has 0 aliphatic rings. The van der Waals surface area contributed by atoms with Crippen LogP contribution in [-0.4, -0.2) is 36.7 Å². The van der Waals surface area contributed by atoms with E-state index in [-0.39, 0.29) is 0 Å². The fourth-order valence-corrected chi connectivity index (χ4v) is 3.76. The number of nitrogens with zero attached hydrogens (tertiary/aromatic N) is 3. The van der Waals surface area contributed by atoms with Gasteiger partial charge in [0.2, 0.25) is 11.8 Å². The zero-order valence-electron chi connectivity index (χ0n) is 22.0. The Kier molecular flexibility index (Phi) is 14.9. The molecule has 0 atom stereocenters. The number of hydrogen-bond acceptors (Lipinski definition) is 7. The van der Waals surface area contributed by atoms with Gasteiger partial charge in [-0.3, -0.25) is 0 Å². The van der Waals surface area contributed by atoms with E-state index in [0.717, 1.165) is 45.3 Å². The van der Waals surface area contributed by atoms with Crippen molar-refractivity contribution in [3.05, 3.63) is 32.5 Å². The van der Waals surface area contributed by atoms with E-state index in [2.05, 4.69) is 74.5 Å². The molecule has 0 aliphatic heterocycles. The van der Waals surface area contributed by atoms with Crippen LogP contribution in [0.25, 0.3) is 0 Å². The first-order chi connectivity index (χ1) is 16.5. The highest BCUT2D eigenvalue weighted by Gasteiger charge is 2.09. The van der Waals surface area contributed by atoms with Crippen LogP contribution < -0.4 is 15.2 Å². The molecule has 0 saturated carbocycles. The lowest BCUT2D eigenvalue weighted by Crippen LogP contribution is -2.03. The van der Waals surface area contributed by atoms with Crippen molar-refractivity contribution in [1.29, 1.82) is 0 Å². The van der Waals surface area contributed by atoms with Crippen LogP contribution in [0.3, 0.4) is 0 Å². The second kappa shape index (κ2) is 16.7. The summed E-state index contributed by atoms with van der Waals surface area (Å²) in [5, 5.41) is 0. The Morgan fingerprint density at radius 3 is 1.86 bits per heavy atom. The number of aryl methyl sites for hydroxylation is 2. The molecule has 0 bridgehead atoms. The van der Waals surface area contributed by atoms with Gasteiger partial charge in [0, 0.05) is 0 Å². The molecule has 0 spiro atoms. The highest BCUT2D eigenvalue weighted by molar-refractivity contribution is 9.10. The van der Waals surface area contributed by atoms with Crippen molar-refractivity contribution in [2.24, 2.45) is 16.8 Å². The first-order valence-corrected chi connectivity index (χ1v) is 13.5. The zero-order valence-corrected chi connectivity index (χ0v) is 25.2. The highest BCUT2D eigenvalue weighted by Crippen LogP contribution is 2.30. The molecule has 0 fully saturated rings. The maximum absolute atomic E-state index is 5.74. The molecule has 0 amide bonds. The van der Waals surface area contributed by atoms with Gasteiger partial charge in [-0.25, -0.2) is 15.0 Å². The van der Waals surface area contributed by atoms with Gasteiger partial charge in [0.1, 0.15) is 0 Å². The second-order valence-electron chi connectivity index (χ2n) is 9.07. The number of methoxy groups -OCH3 is 1. The Bertz CT molecular complexity index is 937. The van der Waals surface area contributed by atoms with E-state index < -0.39 is 0 Å². The number of ether oxygens (including phenoxy) is 3. The lowest BCUT2D eigenvalue weighted by molar-refractivity contribution is 0.285. The zero-order chi connectivity index (χ0) is 26.4. The molecule has 0 unspecified atom stereocenters. The summed E-state index contributed by atoms with van der Waals surface area (Å²) < 4.78 is 17.7. The van der Waals surface area contributed by atoms with E-state index in [1.54, 1.807) is 7.11 Å². The minimum absolute atomic E-state index is 0.623. The van der Waals surface area contributed by atoms with Crippen LogP contribution in [0.15, 0.2) is 26.1 Å². The number of halogens is 2. The Labute approximate surface area is 227 Å².